The number of hydrogen-bond donors (Lipinski definition) is 1. The zero-order valence-electron chi connectivity index (χ0n) is 17.7. The van der Waals surface area contributed by atoms with Gasteiger partial charge in [0.15, 0.2) is 6.73 Å². The van der Waals surface area contributed by atoms with Gasteiger partial charge in [-0.2, -0.15) is 13.2 Å². The number of carbonyl (C=O) groups excluding carboxylic acids is 1. The Morgan fingerprint density at radius 3 is 2.67 bits per heavy atom. The Hall–Kier alpha value is -3.01. The lowest BCUT2D eigenvalue weighted by Crippen LogP contribution is -2.39. The number of carbonyl (C=O) groups is 1. The molecule has 2 fully saturated rings. The number of aliphatic hydroxyl groups excluding tert-OH is 1. The molecule has 0 bridgehead atoms. The highest BCUT2D eigenvalue weighted by Gasteiger charge is 2.37. The van der Waals surface area contributed by atoms with Gasteiger partial charge in [-0.1, -0.05) is 0 Å². The highest BCUT2D eigenvalue weighted by Crippen LogP contribution is 2.41. The molecule has 0 saturated heterocycles. The first kappa shape index (κ1) is 21.8. The number of hydrogen-bond acceptors (Lipinski definition) is 6. The van der Waals surface area contributed by atoms with Crippen LogP contribution in [0.1, 0.15) is 41.6 Å². The second kappa shape index (κ2) is 8.40. The second-order valence-corrected chi connectivity index (χ2v) is 8.67. The van der Waals surface area contributed by atoms with Crippen LogP contribution in [0.2, 0.25) is 0 Å². The molecule has 176 valence electrons. The van der Waals surface area contributed by atoms with Gasteiger partial charge in [0.1, 0.15) is 23.7 Å². The molecule has 1 aromatic heterocycles. The van der Waals surface area contributed by atoms with Crippen LogP contribution in [0, 0.1) is 11.8 Å². The minimum atomic E-state index is -4.71. The summed E-state index contributed by atoms with van der Waals surface area (Å²) in [6.07, 6.45) is -0.255. The van der Waals surface area contributed by atoms with E-state index in [2.05, 4.69) is 4.98 Å². The van der Waals surface area contributed by atoms with Gasteiger partial charge in [0.05, 0.1) is 18.3 Å². The van der Waals surface area contributed by atoms with Crippen molar-refractivity contribution in [3.05, 3.63) is 41.6 Å². The van der Waals surface area contributed by atoms with E-state index in [0.717, 1.165) is 42.7 Å². The van der Waals surface area contributed by atoms with Crippen molar-refractivity contribution in [2.75, 3.05) is 24.8 Å². The van der Waals surface area contributed by atoms with Gasteiger partial charge in [0.25, 0.3) is 5.91 Å². The Bertz CT molecular complexity index is 1050. The van der Waals surface area contributed by atoms with Crippen molar-refractivity contribution < 1.29 is 37.3 Å². The molecular formula is C23H23F3N2O5. The lowest BCUT2D eigenvalue weighted by atomic mass is 10.1. The number of aliphatic hydroxyl groups is 1. The summed E-state index contributed by atoms with van der Waals surface area (Å²) in [6, 6.07) is 4.90. The van der Waals surface area contributed by atoms with Crippen LogP contribution < -0.4 is 19.1 Å². The summed E-state index contributed by atoms with van der Waals surface area (Å²) in [4.78, 5) is 18.2. The Labute approximate surface area is 188 Å². The first-order valence-corrected chi connectivity index (χ1v) is 10.9. The molecule has 33 heavy (non-hydrogen) atoms. The summed E-state index contributed by atoms with van der Waals surface area (Å²) in [5.41, 5.74) is -0.868. The number of alkyl halides is 3. The number of rotatable bonds is 8. The van der Waals surface area contributed by atoms with E-state index < -0.39 is 29.5 Å². The molecule has 7 nitrogen and oxygen atoms in total. The third-order valence-electron chi connectivity index (χ3n) is 5.99. The van der Waals surface area contributed by atoms with E-state index >= 15 is 0 Å². The maximum atomic E-state index is 13.7. The summed E-state index contributed by atoms with van der Waals surface area (Å²) in [6.45, 7) is 0.0804. The Morgan fingerprint density at radius 2 is 1.97 bits per heavy atom. The number of benzene rings is 1. The van der Waals surface area contributed by atoms with E-state index in [0.29, 0.717) is 18.4 Å². The molecule has 1 aromatic carbocycles. The number of anilines is 1. The van der Waals surface area contributed by atoms with Crippen LogP contribution in [0.5, 0.6) is 17.4 Å². The summed E-state index contributed by atoms with van der Waals surface area (Å²) >= 11 is 0. The first-order chi connectivity index (χ1) is 15.8. The number of pyridine rings is 1. The van der Waals surface area contributed by atoms with Gasteiger partial charge in [-0.05, 0) is 55.7 Å². The molecule has 2 saturated carbocycles. The average Bonchev–Trinajstić information content (AvgIpc) is 3.69. The average molecular weight is 464 g/mol. The minimum absolute atomic E-state index is 0.0159. The van der Waals surface area contributed by atoms with Gasteiger partial charge in [0.2, 0.25) is 5.88 Å². The van der Waals surface area contributed by atoms with Gasteiger partial charge in [-0.3, -0.25) is 9.69 Å². The van der Waals surface area contributed by atoms with Crippen LogP contribution in [-0.2, 0) is 6.18 Å². The van der Waals surface area contributed by atoms with E-state index in [9.17, 15) is 23.1 Å². The van der Waals surface area contributed by atoms with Gasteiger partial charge < -0.3 is 19.3 Å². The van der Waals surface area contributed by atoms with E-state index in [1.165, 1.54) is 18.3 Å². The molecule has 2 aliphatic carbocycles. The highest BCUT2D eigenvalue weighted by atomic mass is 19.4. The predicted octanol–water partition coefficient (Wildman–Crippen LogP) is 4.04. The fourth-order valence-corrected chi connectivity index (χ4v) is 3.62. The molecule has 1 aliphatic heterocycles. The molecule has 1 unspecified atom stereocenters. The van der Waals surface area contributed by atoms with E-state index in [1.54, 1.807) is 0 Å². The van der Waals surface area contributed by atoms with Gasteiger partial charge in [-0.25, -0.2) is 4.98 Å². The van der Waals surface area contributed by atoms with Crippen LogP contribution in [0.25, 0.3) is 0 Å². The van der Waals surface area contributed by atoms with Crippen molar-refractivity contribution in [3.8, 4) is 17.4 Å². The van der Waals surface area contributed by atoms with Gasteiger partial charge in [-0.15, -0.1) is 0 Å². The molecular weight excluding hydrogens is 441 g/mol. The fraction of sp³-hybridized carbons (Fsp3) is 0.478. The third-order valence-corrected chi connectivity index (χ3v) is 5.99. The largest absolute Gasteiger partial charge is 0.490 e. The standard InChI is InChI=1S/C23H23F3N2O5/c24-23(25,26)17-7-15(5-6-19(17)31-11-18(29)14-3-4-14)28-12-33-20-8-21(32-10-13-1-2-13)27-9-16(20)22(28)30/h5-9,13-14,18,29H,1-4,10-12H2. The van der Waals surface area contributed by atoms with E-state index in [4.69, 9.17) is 14.2 Å². The number of amides is 1. The maximum Gasteiger partial charge on any atom is 0.420 e. The van der Waals surface area contributed by atoms with Crippen molar-refractivity contribution >= 4 is 11.6 Å². The molecule has 10 heteroatoms. The normalized spacial score (nSPS) is 19.0. The SMILES string of the molecule is O=C1c2cnc(OCC3CC3)cc2OCN1c1ccc(OCC(O)C2CC2)c(C(F)(F)F)c1. The van der Waals surface area contributed by atoms with Crippen LogP contribution in [0.15, 0.2) is 30.5 Å². The van der Waals surface area contributed by atoms with Gasteiger partial charge in [0, 0.05) is 18.0 Å². The zero-order chi connectivity index (χ0) is 23.2. The third kappa shape index (κ3) is 4.85. The van der Waals surface area contributed by atoms with Crippen LogP contribution in [0.4, 0.5) is 18.9 Å². The molecule has 2 heterocycles. The number of aromatic nitrogens is 1. The fourth-order valence-electron chi connectivity index (χ4n) is 3.62. The summed E-state index contributed by atoms with van der Waals surface area (Å²) in [5, 5.41) is 9.92. The summed E-state index contributed by atoms with van der Waals surface area (Å²) in [5.74, 6) is 0.320. The van der Waals surface area contributed by atoms with Crippen LogP contribution in [-0.4, -0.2) is 42.0 Å². The Morgan fingerprint density at radius 1 is 1.18 bits per heavy atom. The monoisotopic (exact) mass is 464 g/mol. The quantitative estimate of drug-likeness (QED) is 0.635. The number of ether oxygens (including phenoxy) is 3. The number of nitrogens with zero attached hydrogens (tertiary/aromatic N) is 2. The molecule has 2 aromatic rings. The topological polar surface area (TPSA) is 81.1 Å². The molecule has 0 spiro atoms. The zero-order valence-corrected chi connectivity index (χ0v) is 17.7. The highest BCUT2D eigenvalue weighted by molar-refractivity contribution is 6.08. The maximum absolute atomic E-state index is 13.7. The molecule has 1 atom stereocenters. The van der Waals surface area contributed by atoms with Crippen molar-refractivity contribution in [3.63, 3.8) is 0 Å². The van der Waals surface area contributed by atoms with E-state index in [1.807, 2.05) is 0 Å². The summed E-state index contributed by atoms with van der Waals surface area (Å²) < 4.78 is 57.6. The first-order valence-electron chi connectivity index (χ1n) is 10.9. The lowest BCUT2D eigenvalue weighted by Gasteiger charge is -2.29. The smallest absolute Gasteiger partial charge is 0.420 e. The van der Waals surface area contributed by atoms with Crippen molar-refractivity contribution in [2.45, 2.75) is 38.0 Å². The van der Waals surface area contributed by atoms with Crippen LogP contribution in [0.3, 0.4) is 0 Å². The molecule has 1 N–H and O–H groups in total. The van der Waals surface area contributed by atoms with Gasteiger partial charge >= 0.3 is 6.18 Å². The van der Waals surface area contributed by atoms with Crippen molar-refractivity contribution in [1.29, 1.82) is 0 Å². The van der Waals surface area contributed by atoms with Crippen molar-refractivity contribution in [2.24, 2.45) is 11.8 Å². The molecule has 1 amide bonds. The Balaban J connectivity index is 1.34. The number of fused-ring (bicyclic) bond motifs is 1. The summed E-state index contributed by atoms with van der Waals surface area (Å²) in [7, 11) is 0. The predicted molar refractivity (Wildman–Crippen MR) is 110 cm³/mol. The minimum Gasteiger partial charge on any atom is -0.490 e. The van der Waals surface area contributed by atoms with Crippen LogP contribution >= 0.6 is 0 Å². The molecule has 5 rings (SSSR count). The second-order valence-electron chi connectivity index (χ2n) is 8.67. The molecule has 0 radical (unpaired) electrons. The lowest BCUT2D eigenvalue weighted by molar-refractivity contribution is -0.139. The van der Waals surface area contributed by atoms with Crippen molar-refractivity contribution in [1.82, 2.24) is 4.98 Å². The molecule has 3 aliphatic rings. The Kier molecular flexibility index (Phi) is 5.55. The van der Waals surface area contributed by atoms with E-state index in [-0.39, 0.29) is 36.3 Å². The number of halogens is 3.